The summed E-state index contributed by atoms with van der Waals surface area (Å²) in [7, 11) is 0. The molecular formula is C19H25N3O3. The quantitative estimate of drug-likeness (QED) is 0.570. The second-order valence-electron chi connectivity index (χ2n) is 6.06. The van der Waals surface area contributed by atoms with Gasteiger partial charge in [0.05, 0.1) is 6.54 Å². The number of nitrogens with one attached hydrogen (secondary N) is 1. The third-order valence-electron chi connectivity index (χ3n) is 4.08. The molecule has 2 aromatic rings. The summed E-state index contributed by atoms with van der Waals surface area (Å²) in [6, 6.07) is 9.29. The van der Waals surface area contributed by atoms with E-state index in [1.165, 1.54) is 0 Å². The molecule has 0 saturated carbocycles. The van der Waals surface area contributed by atoms with Crippen LogP contribution in [0.4, 0.5) is 0 Å². The van der Waals surface area contributed by atoms with Crippen molar-refractivity contribution in [1.29, 1.82) is 0 Å². The fourth-order valence-electron chi connectivity index (χ4n) is 2.66. The number of hydrogen-bond donors (Lipinski definition) is 2. The number of aromatic hydroxyl groups is 1. The molecule has 0 amide bonds. The number of aromatic amines is 1. The lowest BCUT2D eigenvalue weighted by atomic mass is 10.2. The zero-order chi connectivity index (χ0) is 18.2. The van der Waals surface area contributed by atoms with Gasteiger partial charge < -0.3 is 5.11 Å². The van der Waals surface area contributed by atoms with E-state index >= 15 is 0 Å². The second-order valence-corrected chi connectivity index (χ2v) is 6.06. The first-order valence-electron chi connectivity index (χ1n) is 8.66. The van der Waals surface area contributed by atoms with Gasteiger partial charge in [-0.05, 0) is 18.9 Å². The van der Waals surface area contributed by atoms with Crippen LogP contribution in [-0.2, 0) is 6.54 Å². The molecule has 134 valence electrons. The van der Waals surface area contributed by atoms with Gasteiger partial charge >= 0.3 is 5.69 Å². The van der Waals surface area contributed by atoms with Crippen molar-refractivity contribution in [3.05, 3.63) is 62.3 Å². The van der Waals surface area contributed by atoms with Crippen LogP contribution in [0.25, 0.3) is 0 Å². The van der Waals surface area contributed by atoms with Crippen LogP contribution in [0.3, 0.4) is 0 Å². The molecule has 25 heavy (non-hydrogen) atoms. The molecule has 0 aliphatic heterocycles. The van der Waals surface area contributed by atoms with Gasteiger partial charge in [-0.2, -0.15) is 0 Å². The largest absolute Gasteiger partial charge is 0.494 e. The highest BCUT2D eigenvalue weighted by molar-refractivity contribution is 6.00. The summed E-state index contributed by atoms with van der Waals surface area (Å²) in [5.74, 6) is -0.340. The Labute approximate surface area is 146 Å². The minimum absolute atomic E-state index is 0.0611. The molecule has 0 spiro atoms. The molecule has 0 aliphatic carbocycles. The van der Waals surface area contributed by atoms with Gasteiger partial charge in [0.25, 0.3) is 5.56 Å². The Bertz CT molecular complexity index is 835. The number of nitrogens with zero attached hydrogens (tertiary/aromatic N) is 2. The number of aromatic nitrogens is 2. The van der Waals surface area contributed by atoms with E-state index in [2.05, 4.69) is 16.9 Å². The van der Waals surface area contributed by atoms with Crippen LogP contribution in [0.15, 0.2) is 44.9 Å². The Hall–Kier alpha value is -2.63. The number of rotatable bonds is 8. The number of unbranched alkanes of at least 4 members (excludes halogenated alkanes) is 3. The smallest absolute Gasteiger partial charge is 0.331 e. The third-order valence-corrected chi connectivity index (χ3v) is 4.08. The van der Waals surface area contributed by atoms with Crippen LogP contribution >= 0.6 is 0 Å². The van der Waals surface area contributed by atoms with Crippen molar-refractivity contribution in [2.45, 2.75) is 46.1 Å². The monoisotopic (exact) mass is 343 g/mol. The Morgan fingerprint density at radius 1 is 1.16 bits per heavy atom. The van der Waals surface area contributed by atoms with Crippen LogP contribution in [0.2, 0.25) is 0 Å². The maximum atomic E-state index is 12.1. The topological polar surface area (TPSA) is 87.4 Å². The molecule has 0 unspecified atom stereocenters. The molecule has 2 N–H and O–H groups in total. The summed E-state index contributed by atoms with van der Waals surface area (Å²) in [6.07, 6.45) is 4.33. The molecule has 1 aromatic carbocycles. The van der Waals surface area contributed by atoms with Crippen molar-refractivity contribution >= 4 is 5.71 Å². The van der Waals surface area contributed by atoms with E-state index < -0.39 is 11.2 Å². The van der Waals surface area contributed by atoms with E-state index in [0.717, 1.165) is 35.8 Å². The molecule has 6 nitrogen and oxygen atoms in total. The number of aliphatic imine (C=N–C) groups is 1. The van der Waals surface area contributed by atoms with Gasteiger partial charge in [0.1, 0.15) is 5.56 Å². The van der Waals surface area contributed by atoms with Crippen molar-refractivity contribution in [3.8, 4) is 5.88 Å². The summed E-state index contributed by atoms with van der Waals surface area (Å²) in [5, 5.41) is 10.5. The Morgan fingerprint density at radius 3 is 2.56 bits per heavy atom. The molecule has 0 fully saturated rings. The van der Waals surface area contributed by atoms with Crippen LogP contribution < -0.4 is 11.2 Å². The third kappa shape index (κ3) is 4.92. The van der Waals surface area contributed by atoms with Crippen molar-refractivity contribution in [2.24, 2.45) is 4.99 Å². The number of hydrogen-bond acceptors (Lipinski definition) is 4. The molecule has 6 heteroatoms. The van der Waals surface area contributed by atoms with E-state index in [4.69, 9.17) is 0 Å². The minimum Gasteiger partial charge on any atom is -0.494 e. The lowest BCUT2D eigenvalue weighted by Crippen LogP contribution is -2.33. The molecule has 0 aliphatic rings. The van der Waals surface area contributed by atoms with Crippen molar-refractivity contribution in [1.82, 2.24) is 9.55 Å². The fraction of sp³-hybridized carbons (Fsp3) is 0.421. The van der Waals surface area contributed by atoms with Gasteiger partial charge in [-0.1, -0.05) is 56.5 Å². The van der Waals surface area contributed by atoms with E-state index in [0.29, 0.717) is 12.3 Å². The zero-order valence-electron chi connectivity index (χ0n) is 14.8. The van der Waals surface area contributed by atoms with Crippen LogP contribution in [0, 0.1) is 0 Å². The normalized spacial score (nSPS) is 11.7. The second kappa shape index (κ2) is 9.01. The summed E-state index contributed by atoms with van der Waals surface area (Å²) in [5.41, 5.74) is 0.114. The number of benzene rings is 1. The highest BCUT2D eigenvalue weighted by atomic mass is 16.3. The predicted molar refractivity (Wildman–Crippen MR) is 99.8 cm³/mol. The number of H-pyrrole nitrogens is 1. The van der Waals surface area contributed by atoms with Crippen LogP contribution in [-0.4, -0.2) is 26.9 Å². The molecular weight excluding hydrogens is 318 g/mol. The average Bonchev–Trinajstić information content (AvgIpc) is 2.59. The maximum Gasteiger partial charge on any atom is 0.331 e. The van der Waals surface area contributed by atoms with Crippen LogP contribution in [0.5, 0.6) is 5.88 Å². The predicted octanol–water partition coefficient (Wildman–Crippen LogP) is 2.68. The van der Waals surface area contributed by atoms with Crippen molar-refractivity contribution < 1.29 is 5.11 Å². The van der Waals surface area contributed by atoms with Gasteiger partial charge in [0.2, 0.25) is 5.88 Å². The first kappa shape index (κ1) is 18.7. The fourth-order valence-corrected chi connectivity index (χ4v) is 2.66. The van der Waals surface area contributed by atoms with Gasteiger partial charge in [-0.3, -0.25) is 19.3 Å². The average molecular weight is 343 g/mol. The molecule has 1 aromatic heterocycles. The van der Waals surface area contributed by atoms with E-state index in [1.807, 2.05) is 30.3 Å². The zero-order valence-corrected chi connectivity index (χ0v) is 14.8. The lowest BCUT2D eigenvalue weighted by molar-refractivity contribution is 0.408. The van der Waals surface area contributed by atoms with E-state index in [-0.39, 0.29) is 18.0 Å². The van der Waals surface area contributed by atoms with Gasteiger partial charge in [-0.15, -0.1) is 0 Å². The van der Waals surface area contributed by atoms with Crippen molar-refractivity contribution in [3.63, 3.8) is 0 Å². The highest BCUT2D eigenvalue weighted by Gasteiger charge is 2.16. The summed E-state index contributed by atoms with van der Waals surface area (Å²) in [4.78, 5) is 30.9. The SMILES string of the molecule is CCCCCCN=C(C)c1c(O)n(Cc2ccccc2)c(=O)[nH]c1=O. The molecule has 0 saturated heterocycles. The molecule has 0 atom stereocenters. The lowest BCUT2D eigenvalue weighted by Gasteiger charge is -2.11. The molecule has 0 radical (unpaired) electrons. The van der Waals surface area contributed by atoms with Crippen LogP contribution in [0.1, 0.15) is 50.7 Å². The highest BCUT2D eigenvalue weighted by Crippen LogP contribution is 2.14. The first-order valence-corrected chi connectivity index (χ1v) is 8.66. The molecule has 2 rings (SSSR count). The Morgan fingerprint density at radius 2 is 1.88 bits per heavy atom. The Balaban J connectivity index is 2.29. The maximum absolute atomic E-state index is 12.1. The van der Waals surface area contributed by atoms with E-state index in [1.54, 1.807) is 6.92 Å². The van der Waals surface area contributed by atoms with Gasteiger partial charge in [-0.25, -0.2) is 4.79 Å². The Kier molecular flexibility index (Phi) is 6.74. The van der Waals surface area contributed by atoms with E-state index in [9.17, 15) is 14.7 Å². The molecule has 0 bridgehead atoms. The summed E-state index contributed by atoms with van der Waals surface area (Å²) < 4.78 is 1.15. The first-order chi connectivity index (χ1) is 12.0. The summed E-state index contributed by atoms with van der Waals surface area (Å²) in [6.45, 7) is 4.60. The standard InChI is InChI=1S/C19H25N3O3/c1-3-4-5-9-12-20-14(2)16-17(23)21-19(25)22(18(16)24)13-15-10-7-6-8-11-15/h6-8,10-11,24H,3-5,9,12-13H2,1-2H3,(H,21,23,25). The summed E-state index contributed by atoms with van der Waals surface area (Å²) >= 11 is 0. The van der Waals surface area contributed by atoms with Crippen molar-refractivity contribution in [2.75, 3.05) is 6.54 Å². The van der Waals surface area contributed by atoms with Gasteiger partial charge in [0.15, 0.2) is 0 Å². The minimum atomic E-state index is -0.633. The molecule has 1 heterocycles. The van der Waals surface area contributed by atoms with Gasteiger partial charge in [0, 0.05) is 12.3 Å².